The van der Waals surface area contributed by atoms with Crippen molar-refractivity contribution in [2.75, 3.05) is 0 Å². The van der Waals surface area contributed by atoms with Crippen LogP contribution in [0.1, 0.15) is 15.9 Å². The molecule has 0 saturated carbocycles. The maximum atomic E-state index is 11.6. The van der Waals surface area contributed by atoms with Crippen LogP contribution < -0.4 is 0 Å². The first kappa shape index (κ1) is 9.46. The molecule has 0 fully saturated rings. The van der Waals surface area contributed by atoms with Crippen LogP contribution in [0.4, 0.5) is 0 Å². The van der Waals surface area contributed by atoms with E-state index >= 15 is 0 Å². The molecule has 1 aliphatic rings. The maximum absolute atomic E-state index is 11.6. The molecule has 0 bridgehead atoms. The largest absolute Gasteiger partial charge is 0.695 e. The third kappa shape index (κ3) is 1.60. The lowest BCUT2D eigenvalue weighted by Gasteiger charge is -1.95. The summed E-state index contributed by atoms with van der Waals surface area (Å²) in [5, 5.41) is 0. The van der Waals surface area contributed by atoms with Crippen molar-refractivity contribution < 1.29 is 18.8 Å². The predicted octanol–water partition coefficient (Wildman–Crippen LogP) is 1.46. The Morgan fingerprint density at radius 3 is 2.79 bits per heavy atom. The van der Waals surface area contributed by atoms with E-state index in [1.807, 2.05) is 12.1 Å². The summed E-state index contributed by atoms with van der Waals surface area (Å²) in [6.45, 7) is 0. The number of hydrogen-bond acceptors (Lipinski definition) is 3. The first-order valence-electron chi connectivity index (χ1n) is 4.13. The molecular weight excluding hydrogens is 203 g/mol. The van der Waals surface area contributed by atoms with Gasteiger partial charge in [0, 0.05) is 16.5 Å². The van der Waals surface area contributed by atoms with Crippen LogP contribution in [0.15, 0.2) is 24.3 Å². The van der Waals surface area contributed by atoms with E-state index in [9.17, 15) is 9.36 Å². The Balaban J connectivity index is 2.26. The Morgan fingerprint density at radius 1 is 1.43 bits per heavy atom. The summed E-state index contributed by atoms with van der Waals surface area (Å²) < 4.78 is 15.0. The van der Waals surface area contributed by atoms with Crippen molar-refractivity contribution in [1.82, 2.24) is 0 Å². The number of fused-ring (bicyclic) bond motifs is 1. The number of Topliss-reactive ketones (excluding diaryl/α,β-unsaturated/α-hetero) is 1. The average molecular weight is 211 g/mol. The number of benzene rings is 1. The van der Waals surface area contributed by atoms with Gasteiger partial charge in [-0.1, -0.05) is 24.3 Å². The standard InChI is InChI=1S/C9H7O4P/c10-9-7-4-2-1-3-6(7)5-8(9)13-14(11)12/h1-4,8H,5H2/p+1. The molecule has 0 heterocycles. The van der Waals surface area contributed by atoms with E-state index in [2.05, 4.69) is 4.52 Å². The van der Waals surface area contributed by atoms with E-state index in [0.29, 0.717) is 12.0 Å². The number of rotatable bonds is 2. The van der Waals surface area contributed by atoms with Crippen LogP contribution in [0, 0.1) is 0 Å². The van der Waals surface area contributed by atoms with Crippen molar-refractivity contribution in [3.05, 3.63) is 35.4 Å². The van der Waals surface area contributed by atoms with E-state index in [0.717, 1.165) is 5.56 Å². The Morgan fingerprint density at radius 2 is 2.14 bits per heavy atom. The summed E-state index contributed by atoms with van der Waals surface area (Å²) in [7, 11) is -2.71. The predicted molar refractivity (Wildman–Crippen MR) is 49.2 cm³/mol. The van der Waals surface area contributed by atoms with Gasteiger partial charge in [-0.25, -0.2) is 0 Å². The van der Waals surface area contributed by atoms with E-state index in [1.165, 1.54) is 0 Å². The molecule has 72 valence electrons. The molecule has 4 nitrogen and oxygen atoms in total. The van der Waals surface area contributed by atoms with Crippen LogP contribution in [-0.2, 0) is 15.5 Å². The highest BCUT2D eigenvalue weighted by Crippen LogP contribution is 2.29. The second kappa shape index (κ2) is 3.58. The zero-order chi connectivity index (χ0) is 10.1. The van der Waals surface area contributed by atoms with Gasteiger partial charge in [0.25, 0.3) is 0 Å². The summed E-state index contributed by atoms with van der Waals surface area (Å²) in [6.07, 6.45) is -0.405. The zero-order valence-electron chi connectivity index (χ0n) is 7.21. The quantitative estimate of drug-likeness (QED) is 0.752. The molecule has 1 aromatic rings. The molecule has 0 spiro atoms. The smallest absolute Gasteiger partial charge is 0.291 e. The van der Waals surface area contributed by atoms with Crippen molar-refractivity contribution in [2.45, 2.75) is 12.5 Å². The Bertz CT molecular complexity index is 402. The maximum Gasteiger partial charge on any atom is 0.695 e. The molecule has 1 aromatic carbocycles. The van der Waals surface area contributed by atoms with Crippen LogP contribution in [0.3, 0.4) is 0 Å². The topological polar surface area (TPSA) is 63.6 Å². The van der Waals surface area contributed by atoms with Gasteiger partial charge in [0.05, 0.1) is 0 Å². The number of carbonyl (C=O) groups excluding carboxylic acids is 1. The minimum absolute atomic E-state index is 0.210. The van der Waals surface area contributed by atoms with Gasteiger partial charge < -0.3 is 0 Å². The molecular formula is C9H8O4P+. The molecule has 5 heteroatoms. The molecule has 0 aromatic heterocycles. The Labute approximate surface area is 81.5 Å². The SMILES string of the molecule is O=C1c2ccccc2CC1O[P+](=O)O. The van der Waals surface area contributed by atoms with Crippen LogP contribution in [0.2, 0.25) is 0 Å². The fourth-order valence-electron chi connectivity index (χ4n) is 1.60. The fourth-order valence-corrected chi connectivity index (χ4v) is 1.99. The Hall–Kier alpha value is -1.09. The summed E-state index contributed by atoms with van der Waals surface area (Å²) >= 11 is 0. The van der Waals surface area contributed by atoms with Gasteiger partial charge in [0.2, 0.25) is 0 Å². The normalized spacial score (nSPS) is 20.8. The van der Waals surface area contributed by atoms with Gasteiger partial charge in [-0.2, -0.15) is 0 Å². The number of hydrogen-bond donors (Lipinski definition) is 1. The molecule has 0 aliphatic heterocycles. The molecule has 2 rings (SSSR count). The highest BCUT2D eigenvalue weighted by molar-refractivity contribution is 7.32. The van der Waals surface area contributed by atoms with Gasteiger partial charge in [0.15, 0.2) is 11.9 Å². The zero-order valence-corrected chi connectivity index (χ0v) is 8.11. The first-order valence-corrected chi connectivity index (χ1v) is 5.26. The first-order chi connectivity index (χ1) is 6.68. The molecule has 1 aliphatic carbocycles. The summed E-state index contributed by atoms with van der Waals surface area (Å²) in [6, 6.07) is 7.11. The molecule has 14 heavy (non-hydrogen) atoms. The lowest BCUT2D eigenvalue weighted by molar-refractivity contribution is 0.0813. The third-order valence-electron chi connectivity index (χ3n) is 2.20. The van der Waals surface area contributed by atoms with Crippen molar-refractivity contribution in [2.24, 2.45) is 0 Å². The highest BCUT2D eigenvalue weighted by atomic mass is 31.1. The molecule has 2 atom stereocenters. The van der Waals surface area contributed by atoms with Gasteiger partial charge in [0.1, 0.15) is 0 Å². The van der Waals surface area contributed by atoms with Crippen LogP contribution in [0.25, 0.3) is 0 Å². The van der Waals surface area contributed by atoms with Crippen LogP contribution >= 0.6 is 8.25 Å². The van der Waals surface area contributed by atoms with Crippen molar-refractivity contribution in [3.63, 3.8) is 0 Å². The van der Waals surface area contributed by atoms with Crippen molar-refractivity contribution >= 4 is 14.0 Å². The van der Waals surface area contributed by atoms with Gasteiger partial charge in [-0.05, 0) is 5.56 Å². The minimum atomic E-state index is -2.71. The lowest BCUT2D eigenvalue weighted by Crippen LogP contribution is -2.16. The van der Waals surface area contributed by atoms with E-state index in [1.54, 1.807) is 12.1 Å². The van der Waals surface area contributed by atoms with Crippen LogP contribution in [0.5, 0.6) is 0 Å². The number of carbonyl (C=O) groups is 1. The summed E-state index contributed by atoms with van der Waals surface area (Å²) in [5.74, 6) is -0.210. The van der Waals surface area contributed by atoms with E-state index < -0.39 is 14.4 Å². The average Bonchev–Trinajstić information content (AvgIpc) is 2.44. The third-order valence-corrected chi connectivity index (χ3v) is 2.63. The van der Waals surface area contributed by atoms with E-state index in [4.69, 9.17) is 4.89 Å². The van der Waals surface area contributed by atoms with Crippen molar-refractivity contribution in [1.29, 1.82) is 0 Å². The Kier molecular flexibility index (Phi) is 2.42. The van der Waals surface area contributed by atoms with Crippen LogP contribution in [-0.4, -0.2) is 16.8 Å². The highest BCUT2D eigenvalue weighted by Gasteiger charge is 2.37. The lowest BCUT2D eigenvalue weighted by atomic mass is 10.1. The molecule has 0 amide bonds. The second-order valence-electron chi connectivity index (χ2n) is 3.06. The molecule has 0 saturated heterocycles. The minimum Gasteiger partial charge on any atom is -0.291 e. The van der Waals surface area contributed by atoms with E-state index in [-0.39, 0.29) is 5.78 Å². The molecule has 2 unspecified atom stereocenters. The van der Waals surface area contributed by atoms with Gasteiger partial charge >= 0.3 is 8.25 Å². The molecule has 0 radical (unpaired) electrons. The van der Waals surface area contributed by atoms with Crippen molar-refractivity contribution in [3.8, 4) is 0 Å². The fraction of sp³-hybridized carbons (Fsp3) is 0.222. The number of ketones is 1. The van der Waals surface area contributed by atoms with Gasteiger partial charge in [-0.15, -0.1) is 9.42 Å². The molecule has 1 N–H and O–H groups in total. The summed E-state index contributed by atoms with van der Waals surface area (Å²) in [5.41, 5.74) is 1.47. The second-order valence-corrected chi connectivity index (χ2v) is 3.74. The van der Waals surface area contributed by atoms with Gasteiger partial charge in [-0.3, -0.25) is 4.79 Å². The summed E-state index contributed by atoms with van der Waals surface area (Å²) in [4.78, 5) is 20.1. The monoisotopic (exact) mass is 211 g/mol.